The highest BCUT2D eigenvalue weighted by atomic mass is 127. The summed E-state index contributed by atoms with van der Waals surface area (Å²) in [5, 5.41) is 16.7. The molecule has 1 heterocycles. The molecular weight excluding hydrogens is 485 g/mol. The van der Waals surface area contributed by atoms with Gasteiger partial charge in [-0.05, 0) is 65.9 Å². The Morgan fingerprint density at radius 2 is 1.83 bits per heavy atom. The lowest BCUT2D eigenvalue weighted by Gasteiger charge is -2.10. The number of aliphatic hydroxyl groups excluding tert-OH is 1. The van der Waals surface area contributed by atoms with Crippen molar-refractivity contribution in [3.8, 4) is 5.69 Å². The molecule has 0 fully saturated rings. The van der Waals surface area contributed by atoms with Gasteiger partial charge in [-0.25, -0.2) is 9.48 Å². The lowest BCUT2D eigenvalue weighted by atomic mass is 10.1. The Bertz CT molecular complexity index is 1000. The van der Waals surface area contributed by atoms with Gasteiger partial charge in [0, 0.05) is 27.8 Å². The van der Waals surface area contributed by atoms with Crippen LogP contribution in [0, 0.1) is 3.57 Å². The zero-order valence-corrected chi connectivity index (χ0v) is 17.9. The minimum Gasteiger partial charge on any atom is -0.461 e. The minimum absolute atomic E-state index is 0.0255. The zero-order chi connectivity index (χ0) is 20.8. The molecule has 0 aliphatic carbocycles. The molecule has 2 N–H and O–H groups in total. The van der Waals surface area contributed by atoms with Gasteiger partial charge in [-0.3, -0.25) is 4.79 Å². The summed E-state index contributed by atoms with van der Waals surface area (Å²) >= 11 is 2.18. The molecule has 7 nitrogen and oxygen atoms in total. The van der Waals surface area contributed by atoms with E-state index in [0.717, 1.165) is 3.57 Å². The molecule has 0 radical (unpaired) electrons. The number of benzene rings is 2. The molecule has 1 aromatic heterocycles. The lowest BCUT2D eigenvalue weighted by Crippen LogP contribution is -2.19. The molecule has 0 saturated carbocycles. The first-order valence-electron chi connectivity index (χ1n) is 9.07. The van der Waals surface area contributed by atoms with Crippen LogP contribution in [0.15, 0.2) is 54.6 Å². The number of ether oxygens (including phenoxy) is 1. The van der Waals surface area contributed by atoms with Gasteiger partial charge in [0.05, 0.1) is 12.3 Å². The van der Waals surface area contributed by atoms with Gasteiger partial charge in [0.25, 0.3) is 5.91 Å². The molecule has 29 heavy (non-hydrogen) atoms. The number of para-hydroxylation sites is 1. The van der Waals surface area contributed by atoms with Gasteiger partial charge in [0.1, 0.15) is 5.69 Å². The molecule has 150 valence electrons. The Labute approximate surface area is 181 Å². The summed E-state index contributed by atoms with van der Waals surface area (Å²) in [6, 6.07) is 16.4. The van der Waals surface area contributed by atoms with E-state index in [1.54, 1.807) is 31.2 Å². The van der Waals surface area contributed by atoms with E-state index in [4.69, 9.17) is 4.74 Å². The standard InChI is InChI=1S/C21H20IN3O4/c1-2-29-21(28)18-17(12-13-26)19(25(24-18)16-6-4-3-5-7-16)20(27)23-15-10-8-14(22)9-11-15/h3-11,26H,2,12-13H2,1H3,(H,23,27). The Morgan fingerprint density at radius 1 is 1.14 bits per heavy atom. The van der Waals surface area contributed by atoms with E-state index in [2.05, 4.69) is 33.0 Å². The molecule has 0 spiro atoms. The molecule has 0 unspecified atom stereocenters. The Morgan fingerprint density at radius 3 is 2.45 bits per heavy atom. The van der Waals surface area contributed by atoms with E-state index in [1.807, 2.05) is 30.3 Å². The van der Waals surface area contributed by atoms with Crippen molar-refractivity contribution in [2.75, 3.05) is 18.5 Å². The number of aliphatic hydroxyl groups is 1. The van der Waals surface area contributed by atoms with Crippen molar-refractivity contribution in [2.45, 2.75) is 13.3 Å². The van der Waals surface area contributed by atoms with Crippen LogP contribution >= 0.6 is 22.6 Å². The summed E-state index contributed by atoms with van der Waals surface area (Å²) < 4.78 is 7.56. The second-order valence-corrected chi connectivity index (χ2v) is 7.32. The first-order valence-corrected chi connectivity index (χ1v) is 10.1. The van der Waals surface area contributed by atoms with E-state index in [1.165, 1.54) is 4.68 Å². The highest BCUT2D eigenvalue weighted by Crippen LogP contribution is 2.22. The molecule has 8 heteroatoms. The highest BCUT2D eigenvalue weighted by Gasteiger charge is 2.28. The maximum absolute atomic E-state index is 13.2. The predicted octanol–water partition coefficient (Wildman–Crippen LogP) is 3.44. The average molecular weight is 505 g/mol. The predicted molar refractivity (Wildman–Crippen MR) is 117 cm³/mol. The number of anilines is 1. The second-order valence-electron chi connectivity index (χ2n) is 6.08. The second kappa shape index (κ2) is 9.66. The third-order valence-electron chi connectivity index (χ3n) is 4.13. The molecule has 3 aromatic rings. The third-order valence-corrected chi connectivity index (χ3v) is 4.85. The Hall–Kier alpha value is -2.72. The maximum Gasteiger partial charge on any atom is 0.359 e. The van der Waals surface area contributed by atoms with Crippen molar-refractivity contribution in [1.29, 1.82) is 0 Å². The number of hydrogen-bond acceptors (Lipinski definition) is 5. The normalized spacial score (nSPS) is 10.6. The average Bonchev–Trinajstić information content (AvgIpc) is 3.10. The maximum atomic E-state index is 13.2. The summed E-state index contributed by atoms with van der Waals surface area (Å²) in [6.07, 6.45) is 0.0937. The van der Waals surface area contributed by atoms with Crippen molar-refractivity contribution >= 4 is 40.2 Å². The van der Waals surface area contributed by atoms with Crippen molar-refractivity contribution < 1.29 is 19.4 Å². The van der Waals surface area contributed by atoms with Crippen LogP contribution < -0.4 is 5.32 Å². The SMILES string of the molecule is CCOC(=O)c1nn(-c2ccccc2)c(C(=O)Nc2ccc(I)cc2)c1CCO. The van der Waals surface area contributed by atoms with Crippen LogP contribution in [0.2, 0.25) is 0 Å². The van der Waals surface area contributed by atoms with Crippen molar-refractivity contribution in [1.82, 2.24) is 9.78 Å². The number of esters is 1. The number of halogens is 1. The van der Waals surface area contributed by atoms with Crippen molar-refractivity contribution in [2.24, 2.45) is 0 Å². The number of carbonyl (C=O) groups is 2. The molecule has 0 bridgehead atoms. The molecule has 0 aliphatic rings. The first-order chi connectivity index (χ1) is 14.0. The van der Waals surface area contributed by atoms with E-state index in [-0.39, 0.29) is 31.0 Å². The van der Waals surface area contributed by atoms with Gasteiger partial charge in [-0.2, -0.15) is 5.10 Å². The monoisotopic (exact) mass is 505 g/mol. The minimum atomic E-state index is -0.631. The summed E-state index contributed by atoms with van der Waals surface area (Å²) in [5.41, 5.74) is 1.79. The number of hydrogen-bond donors (Lipinski definition) is 2. The van der Waals surface area contributed by atoms with E-state index < -0.39 is 11.9 Å². The largest absolute Gasteiger partial charge is 0.461 e. The van der Waals surface area contributed by atoms with Gasteiger partial charge in [-0.15, -0.1) is 0 Å². The van der Waals surface area contributed by atoms with Crippen molar-refractivity contribution in [3.05, 3.63) is 75.1 Å². The summed E-state index contributed by atoms with van der Waals surface area (Å²) in [6.45, 7) is 1.64. The van der Waals surface area contributed by atoms with Gasteiger partial charge < -0.3 is 15.2 Å². The van der Waals surface area contributed by atoms with Crippen LogP contribution in [0.25, 0.3) is 5.69 Å². The molecule has 3 rings (SSSR count). The first kappa shape index (κ1) is 21.0. The molecule has 0 atom stereocenters. The van der Waals surface area contributed by atoms with Gasteiger partial charge >= 0.3 is 5.97 Å². The fourth-order valence-electron chi connectivity index (χ4n) is 2.88. The third kappa shape index (κ3) is 4.83. The zero-order valence-electron chi connectivity index (χ0n) is 15.8. The number of carbonyl (C=O) groups excluding carboxylic acids is 2. The molecule has 2 aromatic carbocycles. The summed E-state index contributed by atoms with van der Waals surface area (Å²) in [4.78, 5) is 25.6. The summed E-state index contributed by atoms with van der Waals surface area (Å²) in [5.74, 6) is -1.06. The summed E-state index contributed by atoms with van der Waals surface area (Å²) in [7, 11) is 0. The Balaban J connectivity index is 2.11. The van der Waals surface area contributed by atoms with Crippen LogP contribution in [0.4, 0.5) is 5.69 Å². The number of aromatic nitrogens is 2. The van der Waals surface area contributed by atoms with Gasteiger partial charge in [-0.1, -0.05) is 18.2 Å². The Kier molecular flexibility index (Phi) is 6.99. The van der Waals surface area contributed by atoms with E-state index in [9.17, 15) is 14.7 Å². The van der Waals surface area contributed by atoms with Gasteiger partial charge in [0.15, 0.2) is 5.69 Å². The lowest BCUT2D eigenvalue weighted by molar-refractivity contribution is 0.0517. The topological polar surface area (TPSA) is 93.5 Å². The van der Waals surface area contributed by atoms with Gasteiger partial charge in [0.2, 0.25) is 0 Å². The fourth-order valence-corrected chi connectivity index (χ4v) is 3.23. The number of amides is 1. The quantitative estimate of drug-likeness (QED) is 0.379. The van der Waals surface area contributed by atoms with Crippen LogP contribution in [-0.2, 0) is 11.2 Å². The van der Waals surface area contributed by atoms with Crippen molar-refractivity contribution in [3.63, 3.8) is 0 Å². The smallest absolute Gasteiger partial charge is 0.359 e. The highest BCUT2D eigenvalue weighted by molar-refractivity contribution is 14.1. The van der Waals surface area contributed by atoms with Crippen LogP contribution in [-0.4, -0.2) is 40.0 Å². The number of rotatable bonds is 7. The van der Waals surface area contributed by atoms with Crippen LogP contribution in [0.3, 0.4) is 0 Å². The number of nitrogens with zero attached hydrogens (tertiary/aromatic N) is 2. The molecule has 1 amide bonds. The molecule has 0 aliphatic heterocycles. The number of nitrogens with one attached hydrogen (secondary N) is 1. The van der Waals surface area contributed by atoms with Crippen LogP contribution in [0.1, 0.15) is 33.5 Å². The van der Waals surface area contributed by atoms with E-state index >= 15 is 0 Å². The molecular formula is C21H20IN3O4. The van der Waals surface area contributed by atoms with E-state index in [0.29, 0.717) is 16.9 Å². The van der Waals surface area contributed by atoms with Crippen LogP contribution in [0.5, 0.6) is 0 Å². The fraction of sp³-hybridized carbons (Fsp3) is 0.190. The molecule has 0 saturated heterocycles.